The molecular formula is C9H18O3S2. The van der Waals surface area contributed by atoms with Crippen LogP contribution in [-0.2, 0) is 9.84 Å². The third-order valence-electron chi connectivity index (χ3n) is 2.62. The van der Waals surface area contributed by atoms with Crippen LogP contribution in [-0.4, -0.2) is 42.1 Å². The normalized spacial score (nSPS) is 28.1. The fourth-order valence-corrected chi connectivity index (χ4v) is 3.77. The largest absolute Gasteiger partial charge is 0.389 e. The lowest BCUT2D eigenvalue weighted by molar-refractivity contribution is 0.0584. The molecule has 1 fully saturated rings. The summed E-state index contributed by atoms with van der Waals surface area (Å²) in [5, 5.41) is 9.95. The first-order valence-electron chi connectivity index (χ1n) is 4.98. The van der Waals surface area contributed by atoms with E-state index in [0.29, 0.717) is 12.8 Å². The van der Waals surface area contributed by atoms with Gasteiger partial charge in [-0.25, -0.2) is 8.42 Å². The van der Waals surface area contributed by atoms with E-state index in [4.69, 9.17) is 0 Å². The van der Waals surface area contributed by atoms with Crippen LogP contribution in [0.2, 0.25) is 0 Å². The smallest absolute Gasteiger partial charge is 0.150 e. The Labute approximate surface area is 90.2 Å². The summed E-state index contributed by atoms with van der Waals surface area (Å²) in [5.74, 6) is 2.19. The van der Waals surface area contributed by atoms with Gasteiger partial charge >= 0.3 is 0 Å². The highest BCUT2D eigenvalue weighted by molar-refractivity contribution is 7.99. The van der Waals surface area contributed by atoms with E-state index in [1.807, 2.05) is 0 Å². The lowest BCUT2D eigenvalue weighted by Gasteiger charge is -2.20. The molecule has 1 unspecified atom stereocenters. The number of hydrogen-bond donors (Lipinski definition) is 1. The van der Waals surface area contributed by atoms with Crippen LogP contribution in [0.5, 0.6) is 0 Å². The van der Waals surface area contributed by atoms with E-state index < -0.39 is 15.4 Å². The molecule has 0 aromatic rings. The first-order valence-corrected chi connectivity index (χ1v) is 7.96. The van der Waals surface area contributed by atoms with Gasteiger partial charge in [-0.1, -0.05) is 6.92 Å². The Bertz CT molecular complexity index is 266. The zero-order valence-electron chi connectivity index (χ0n) is 8.53. The summed E-state index contributed by atoms with van der Waals surface area (Å²) in [6.07, 6.45) is 2.02. The predicted molar refractivity (Wildman–Crippen MR) is 60.5 cm³/mol. The van der Waals surface area contributed by atoms with E-state index in [1.165, 1.54) is 0 Å². The molecule has 0 bridgehead atoms. The minimum atomic E-state index is -2.86. The van der Waals surface area contributed by atoms with Gasteiger partial charge in [-0.2, -0.15) is 11.8 Å². The maximum Gasteiger partial charge on any atom is 0.150 e. The van der Waals surface area contributed by atoms with Crippen LogP contribution in [0.25, 0.3) is 0 Å². The van der Waals surface area contributed by atoms with Crippen molar-refractivity contribution in [1.82, 2.24) is 0 Å². The number of thioether (sulfide) groups is 1. The van der Waals surface area contributed by atoms with Crippen molar-refractivity contribution < 1.29 is 13.5 Å². The highest BCUT2D eigenvalue weighted by Crippen LogP contribution is 2.31. The number of sulfone groups is 1. The van der Waals surface area contributed by atoms with Crippen LogP contribution < -0.4 is 0 Å². The second kappa shape index (κ2) is 4.86. The van der Waals surface area contributed by atoms with Gasteiger partial charge in [-0.15, -0.1) is 0 Å². The van der Waals surface area contributed by atoms with Gasteiger partial charge < -0.3 is 5.11 Å². The number of aliphatic hydroxyl groups is 1. The molecule has 1 rings (SSSR count). The van der Waals surface area contributed by atoms with Crippen LogP contribution in [0.15, 0.2) is 0 Å². The minimum Gasteiger partial charge on any atom is -0.389 e. The van der Waals surface area contributed by atoms with Gasteiger partial charge in [0.25, 0.3) is 0 Å². The maximum atomic E-state index is 11.2. The van der Waals surface area contributed by atoms with Gasteiger partial charge in [0.1, 0.15) is 9.84 Å². The molecule has 0 spiro atoms. The van der Waals surface area contributed by atoms with E-state index >= 15 is 0 Å². The van der Waals surface area contributed by atoms with E-state index in [0.717, 1.165) is 17.9 Å². The van der Waals surface area contributed by atoms with Crippen molar-refractivity contribution in [2.75, 3.05) is 23.0 Å². The molecule has 84 valence electrons. The van der Waals surface area contributed by atoms with Gasteiger partial charge in [-0.3, -0.25) is 0 Å². The van der Waals surface area contributed by atoms with Gasteiger partial charge in [-0.05, 0) is 25.0 Å². The molecule has 5 heteroatoms. The molecule has 3 nitrogen and oxygen atoms in total. The summed E-state index contributed by atoms with van der Waals surface area (Å²) in [5.41, 5.74) is -0.589. The minimum absolute atomic E-state index is 0.209. The summed E-state index contributed by atoms with van der Waals surface area (Å²) in [7, 11) is -2.86. The Morgan fingerprint density at radius 3 is 2.71 bits per heavy atom. The quantitative estimate of drug-likeness (QED) is 0.778. The Balaban J connectivity index is 2.27. The molecule has 1 aliphatic heterocycles. The Hall–Kier alpha value is 0.260. The standard InChI is InChI=1S/C9H18O3S2/c1-2-14(11,12)7-3-4-9(10)5-6-13-8-9/h10H,2-8H2,1H3. The fourth-order valence-electron chi connectivity index (χ4n) is 1.56. The Morgan fingerprint density at radius 2 is 2.21 bits per heavy atom. The maximum absolute atomic E-state index is 11.2. The monoisotopic (exact) mass is 238 g/mol. The average molecular weight is 238 g/mol. The average Bonchev–Trinajstić information content (AvgIpc) is 2.52. The molecule has 14 heavy (non-hydrogen) atoms. The van der Waals surface area contributed by atoms with Crippen LogP contribution in [0.1, 0.15) is 26.2 Å². The van der Waals surface area contributed by atoms with E-state index in [-0.39, 0.29) is 11.5 Å². The number of hydrogen-bond acceptors (Lipinski definition) is 4. The summed E-state index contributed by atoms with van der Waals surface area (Å²) in [6, 6.07) is 0. The predicted octanol–water partition coefficient (Wildman–Crippen LogP) is 1.07. The first-order chi connectivity index (χ1) is 6.47. The molecule has 1 saturated heterocycles. The molecule has 1 N–H and O–H groups in total. The molecule has 0 aromatic heterocycles. The van der Waals surface area contributed by atoms with Crippen molar-refractivity contribution in [2.24, 2.45) is 0 Å². The van der Waals surface area contributed by atoms with Crippen LogP contribution in [0.3, 0.4) is 0 Å². The van der Waals surface area contributed by atoms with Crippen LogP contribution >= 0.6 is 11.8 Å². The first kappa shape index (κ1) is 12.3. The molecule has 1 atom stereocenters. The summed E-state index contributed by atoms with van der Waals surface area (Å²) in [4.78, 5) is 0. The van der Waals surface area contributed by atoms with Crippen molar-refractivity contribution in [3.05, 3.63) is 0 Å². The van der Waals surface area contributed by atoms with E-state index in [2.05, 4.69) is 0 Å². The highest BCUT2D eigenvalue weighted by atomic mass is 32.2. The summed E-state index contributed by atoms with van der Waals surface area (Å²) >= 11 is 1.75. The summed E-state index contributed by atoms with van der Waals surface area (Å²) < 4.78 is 22.4. The lowest BCUT2D eigenvalue weighted by atomic mass is 9.98. The topological polar surface area (TPSA) is 54.4 Å². The van der Waals surface area contributed by atoms with Crippen LogP contribution in [0, 0.1) is 0 Å². The molecule has 0 amide bonds. The fraction of sp³-hybridized carbons (Fsp3) is 1.00. The number of rotatable bonds is 5. The molecule has 0 saturated carbocycles. The molecule has 0 radical (unpaired) electrons. The van der Waals surface area contributed by atoms with E-state index in [9.17, 15) is 13.5 Å². The second-order valence-electron chi connectivity index (χ2n) is 3.87. The van der Waals surface area contributed by atoms with Crippen molar-refractivity contribution >= 4 is 21.6 Å². The van der Waals surface area contributed by atoms with Crippen LogP contribution in [0.4, 0.5) is 0 Å². The van der Waals surface area contributed by atoms with Crippen molar-refractivity contribution in [3.8, 4) is 0 Å². The molecule has 1 heterocycles. The molecule has 0 aliphatic carbocycles. The third kappa shape index (κ3) is 3.79. The zero-order chi connectivity index (χ0) is 10.7. The van der Waals surface area contributed by atoms with E-state index in [1.54, 1.807) is 18.7 Å². The SMILES string of the molecule is CCS(=O)(=O)CCCC1(O)CCSC1. The van der Waals surface area contributed by atoms with Gasteiger partial charge in [0.15, 0.2) is 0 Å². The van der Waals surface area contributed by atoms with Crippen molar-refractivity contribution in [2.45, 2.75) is 31.8 Å². The second-order valence-corrected chi connectivity index (χ2v) is 7.44. The Morgan fingerprint density at radius 1 is 1.50 bits per heavy atom. The molecule has 0 aromatic carbocycles. The molecule has 1 aliphatic rings. The zero-order valence-corrected chi connectivity index (χ0v) is 10.2. The van der Waals surface area contributed by atoms with Crippen molar-refractivity contribution in [1.29, 1.82) is 0 Å². The third-order valence-corrected chi connectivity index (χ3v) is 5.64. The van der Waals surface area contributed by atoms with Gasteiger partial charge in [0.2, 0.25) is 0 Å². The lowest BCUT2D eigenvalue weighted by Crippen LogP contribution is -2.28. The summed E-state index contributed by atoms with van der Waals surface area (Å²) in [6.45, 7) is 1.66. The highest BCUT2D eigenvalue weighted by Gasteiger charge is 2.31. The Kier molecular flexibility index (Phi) is 4.28. The van der Waals surface area contributed by atoms with Gasteiger partial charge in [0.05, 0.1) is 11.4 Å². The molecular weight excluding hydrogens is 220 g/mol. The van der Waals surface area contributed by atoms with Crippen molar-refractivity contribution in [3.63, 3.8) is 0 Å². The van der Waals surface area contributed by atoms with Gasteiger partial charge in [0, 0.05) is 11.5 Å².